The van der Waals surface area contributed by atoms with Crippen molar-refractivity contribution < 1.29 is 14.6 Å². The van der Waals surface area contributed by atoms with Crippen LogP contribution in [0.2, 0.25) is 5.02 Å². The number of carbonyl (C=O) groups is 1. The van der Waals surface area contributed by atoms with E-state index < -0.39 is 10.9 Å². The van der Waals surface area contributed by atoms with Crippen molar-refractivity contribution in [3.05, 3.63) is 97.2 Å². The molecule has 0 N–H and O–H groups in total. The van der Waals surface area contributed by atoms with E-state index in [-0.39, 0.29) is 16.3 Å². The van der Waals surface area contributed by atoms with Gasteiger partial charge in [-0.2, -0.15) is 0 Å². The molecule has 26 heavy (non-hydrogen) atoms. The number of benzene rings is 2. The summed E-state index contributed by atoms with van der Waals surface area (Å²) in [4.78, 5) is 28.4. The van der Waals surface area contributed by atoms with Gasteiger partial charge in [-0.05, 0) is 35.7 Å². The smallest absolute Gasteiger partial charge is 0.312 e. The van der Waals surface area contributed by atoms with Crippen LogP contribution in [0.25, 0.3) is 0 Å². The molecule has 0 amide bonds. The van der Waals surface area contributed by atoms with Gasteiger partial charge in [0.2, 0.25) is 0 Å². The van der Waals surface area contributed by atoms with Crippen LogP contribution in [-0.2, 0) is 4.84 Å². The van der Waals surface area contributed by atoms with Gasteiger partial charge in [0.25, 0.3) is 5.69 Å². The third-order valence-corrected chi connectivity index (χ3v) is 4.63. The molecular weight excluding hydrogens is 376 g/mol. The number of thiophene rings is 1. The molecule has 0 unspecified atom stereocenters. The number of nitrogens with zero attached hydrogens (tertiary/aromatic N) is 2. The monoisotopic (exact) mass is 386 g/mol. The molecule has 0 aliphatic rings. The van der Waals surface area contributed by atoms with E-state index in [1.54, 1.807) is 30.3 Å². The van der Waals surface area contributed by atoms with E-state index in [4.69, 9.17) is 16.4 Å². The molecule has 130 valence electrons. The second-order valence-corrected chi connectivity index (χ2v) is 6.43. The summed E-state index contributed by atoms with van der Waals surface area (Å²) in [5.74, 6) is -0.688. The predicted octanol–water partition coefficient (Wildman–Crippen LogP) is 4.92. The number of halogens is 1. The second kappa shape index (κ2) is 7.90. The van der Waals surface area contributed by atoms with Crippen LogP contribution >= 0.6 is 22.9 Å². The third kappa shape index (κ3) is 3.96. The Bertz CT molecular complexity index is 969. The first-order chi connectivity index (χ1) is 12.6. The maximum absolute atomic E-state index is 12.2. The van der Waals surface area contributed by atoms with E-state index in [9.17, 15) is 14.9 Å². The second-order valence-electron chi connectivity index (χ2n) is 5.08. The van der Waals surface area contributed by atoms with Crippen molar-refractivity contribution in [1.29, 1.82) is 0 Å². The third-order valence-electron chi connectivity index (χ3n) is 3.42. The summed E-state index contributed by atoms with van der Waals surface area (Å²) < 4.78 is 0. The highest BCUT2D eigenvalue weighted by atomic mass is 35.5. The van der Waals surface area contributed by atoms with Crippen molar-refractivity contribution >= 4 is 40.3 Å². The number of non-ortho nitro benzene ring substituents is 1. The molecule has 3 rings (SSSR count). The van der Waals surface area contributed by atoms with Gasteiger partial charge in [-0.3, -0.25) is 10.1 Å². The minimum atomic E-state index is -0.688. The Morgan fingerprint density at radius 1 is 1.08 bits per heavy atom. The Balaban J connectivity index is 1.92. The van der Waals surface area contributed by atoms with E-state index in [1.165, 1.54) is 29.5 Å². The van der Waals surface area contributed by atoms with E-state index in [0.717, 1.165) is 4.88 Å². The standard InChI is InChI=1S/C18H11ClN2O4S/c19-15-5-2-1-4-14(15)18(22)25-20-17(16-6-3-11-26-16)12-7-9-13(10-8-12)21(23)24/h1-11H/b20-17-. The average Bonchev–Trinajstić information content (AvgIpc) is 3.17. The molecule has 1 aromatic heterocycles. The summed E-state index contributed by atoms with van der Waals surface area (Å²) in [5.41, 5.74) is 1.15. The molecule has 0 saturated carbocycles. The van der Waals surface area contributed by atoms with E-state index in [1.807, 2.05) is 17.5 Å². The van der Waals surface area contributed by atoms with Crippen molar-refractivity contribution in [2.45, 2.75) is 0 Å². The van der Waals surface area contributed by atoms with Crippen LogP contribution in [0.4, 0.5) is 5.69 Å². The van der Waals surface area contributed by atoms with Gasteiger partial charge in [-0.15, -0.1) is 11.3 Å². The first-order valence-corrected chi connectivity index (χ1v) is 8.64. The van der Waals surface area contributed by atoms with Gasteiger partial charge in [-0.1, -0.05) is 35.0 Å². The van der Waals surface area contributed by atoms with Gasteiger partial charge in [0.1, 0.15) is 5.71 Å². The Hall–Kier alpha value is -3.03. The molecule has 1 heterocycles. The first kappa shape index (κ1) is 17.8. The van der Waals surface area contributed by atoms with Crippen LogP contribution in [-0.4, -0.2) is 16.6 Å². The Morgan fingerprint density at radius 3 is 2.42 bits per heavy atom. The molecule has 0 atom stereocenters. The van der Waals surface area contributed by atoms with Gasteiger partial charge in [-0.25, -0.2) is 4.79 Å². The molecule has 6 nitrogen and oxygen atoms in total. The highest BCUT2D eigenvalue weighted by Crippen LogP contribution is 2.21. The van der Waals surface area contributed by atoms with Crippen molar-refractivity contribution in [3.8, 4) is 0 Å². The lowest BCUT2D eigenvalue weighted by Gasteiger charge is -2.05. The molecular formula is C18H11ClN2O4S. The van der Waals surface area contributed by atoms with Gasteiger partial charge >= 0.3 is 5.97 Å². The highest BCUT2D eigenvalue weighted by molar-refractivity contribution is 7.12. The largest absolute Gasteiger partial charge is 0.367 e. The fraction of sp³-hybridized carbons (Fsp3) is 0. The van der Waals surface area contributed by atoms with Crippen molar-refractivity contribution in [2.24, 2.45) is 5.16 Å². The molecule has 0 fully saturated rings. The highest BCUT2D eigenvalue weighted by Gasteiger charge is 2.15. The summed E-state index contributed by atoms with van der Waals surface area (Å²) in [6.45, 7) is 0. The number of carbonyl (C=O) groups excluding carboxylic acids is 1. The predicted molar refractivity (Wildman–Crippen MR) is 99.9 cm³/mol. The SMILES string of the molecule is O=C(O/N=C(/c1ccc([N+](=O)[O-])cc1)c1cccs1)c1ccccc1Cl. The zero-order valence-corrected chi connectivity index (χ0v) is 14.7. The molecule has 0 radical (unpaired) electrons. The van der Waals surface area contributed by atoms with Gasteiger partial charge < -0.3 is 4.84 Å². The van der Waals surface area contributed by atoms with Crippen molar-refractivity contribution in [3.63, 3.8) is 0 Å². The minimum Gasteiger partial charge on any atom is -0.312 e. The van der Waals surface area contributed by atoms with Gasteiger partial charge in [0, 0.05) is 17.7 Å². The summed E-state index contributed by atoms with van der Waals surface area (Å²) in [6.07, 6.45) is 0. The van der Waals surface area contributed by atoms with Crippen molar-refractivity contribution in [2.75, 3.05) is 0 Å². The van der Waals surface area contributed by atoms with Crippen LogP contribution in [0.3, 0.4) is 0 Å². The maximum atomic E-state index is 12.2. The molecule has 8 heteroatoms. The van der Waals surface area contributed by atoms with Crippen molar-refractivity contribution in [1.82, 2.24) is 0 Å². The van der Waals surface area contributed by atoms with Crippen LogP contribution in [0.5, 0.6) is 0 Å². The Morgan fingerprint density at radius 2 is 1.81 bits per heavy atom. The van der Waals surface area contributed by atoms with E-state index in [0.29, 0.717) is 11.3 Å². The molecule has 0 spiro atoms. The molecule has 0 aliphatic carbocycles. The van der Waals surface area contributed by atoms with E-state index >= 15 is 0 Å². The zero-order valence-electron chi connectivity index (χ0n) is 13.2. The fourth-order valence-corrected chi connectivity index (χ4v) is 3.10. The topological polar surface area (TPSA) is 81.8 Å². The normalized spacial score (nSPS) is 11.2. The zero-order chi connectivity index (χ0) is 18.5. The average molecular weight is 387 g/mol. The number of nitro groups is 1. The molecule has 2 aromatic carbocycles. The molecule has 0 saturated heterocycles. The van der Waals surface area contributed by atoms with Crippen LogP contribution in [0.15, 0.2) is 71.2 Å². The lowest BCUT2D eigenvalue weighted by molar-refractivity contribution is -0.384. The summed E-state index contributed by atoms with van der Waals surface area (Å²) in [6, 6.07) is 16.0. The molecule has 3 aromatic rings. The van der Waals surface area contributed by atoms with Crippen LogP contribution in [0, 0.1) is 10.1 Å². The Labute approximate surface area is 157 Å². The number of oxime groups is 1. The summed E-state index contributed by atoms with van der Waals surface area (Å²) in [7, 11) is 0. The van der Waals surface area contributed by atoms with Gasteiger partial charge in [0.15, 0.2) is 0 Å². The summed E-state index contributed by atoms with van der Waals surface area (Å²) in [5, 5.41) is 16.9. The maximum Gasteiger partial charge on any atom is 0.367 e. The fourth-order valence-electron chi connectivity index (χ4n) is 2.16. The lowest BCUT2D eigenvalue weighted by Crippen LogP contribution is -2.07. The quantitative estimate of drug-likeness (QED) is 0.270. The van der Waals surface area contributed by atoms with Gasteiger partial charge in [0.05, 0.1) is 20.4 Å². The van der Waals surface area contributed by atoms with Crippen LogP contribution in [0.1, 0.15) is 20.8 Å². The molecule has 0 aliphatic heterocycles. The molecule has 0 bridgehead atoms. The number of nitro benzene ring substituents is 1. The minimum absolute atomic E-state index is 0.0349. The number of rotatable bonds is 5. The number of hydrogen-bond acceptors (Lipinski definition) is 6. The number of hydrogen-bond donors (Lipinski definition) is 0. The Kier molecular flexibility index (Phi) is 5.40. The first-order valence-electron chi connectivity index (χ1n) is 7.39. The van der Waals surface area contributed by atoms with E-state index in [2.05, 4.69) is 5.16 Å². The van der Waals surface area contributed by atoms with Crippen LogP contribution < -0.4 is 0 Å². The lowest BCUT2D eigenvalue weighted by atomic mass is 10.1. The summed E-state index contributed by atoms with van der Waals surface area (Å²) >= 11 is 7.39.